The van der Waals surface area contributed by atoms with Gasteiger partial charge in [0, 0.05) is 26.2 Å². The molecule has 2 N–H and O–H groups in total. The van der Waals surface area contributed by atoms with Crippen molar-refractivity contribution in [1.29, 1.82) is 0 Å². The van der Waals surface area contributed by atoms with Gasteiger partial charge in [0.15, 0.2) is 0 Å². The molecule has 2 saturated heterocycles. The zero-order chi connectivity index (χ0) is 20.3. The molecule has 0 unspecified atom stereocenters. The molecule has 2 aliphatic heterocycles. The van der Waals surface area contributed by atoms with Crippen LogP contribution in [0.2, 0.25) is 0 Å². The molecule has 0 atom stereocenters. The van der Waals surface area contributed by atoms with Gasteiger partial charge in [0.2, 0.25) is 0 Å². The zero-order valence-electron chi connectivity index (χ0n) is 15.8. The van der Waals surface area contributed by atoms with Crippen LogP contribution in [0.5, 0.6) is 0 Å². The number of amides is 2. The Morgan fingerprint density at radius 3 is 1.79 bits per heavy atom. The van der Waals surface area contributed by atoms with Crippen molar-refractivity contribution in [2.24, 2.45) is 11.7 Å². The number of likely N-dealkylation sites (tertiary alicyclic amines) is 2. The molecule has 1 aromatic rings. The molecular formula is C20H26F3N3O2. The van der Waals surface area contributed by atoms with Crippen molar-refractivity contribution < 1.29 is 22.8 Å². The number of carbonyl (C=O) groups is 2. The Labute approximate surface area is 162 Å². The summed E-state index contributed by atoms with van der Waals surface area (Å²) >= 11 is 0. The average molecular weight is 397 g/mol. The van der Waals surface area contributed by atoms with Crippen LogP contribution in [0.3, 0.4) is 0 Å². The van der Waals surface area contributed by atoms with Gasteiger partial charge in [-0.2, -0.15) is 13.2 Å². The molecule has 2 fully saturated rings. The second-order valence-corrected chi connectivity index (χ2v) is 7.66. The summed E-state index contributed by atoms with van der Waals surface area (Å²) in [5.41, 5.74) is 5.84. The fourth-order valence-corrected chi connectivity index (χ4v) is 4.00. The lowest BCUT2D eigenvalue weighted by Crippen LogP contribution is -2.50. The topological polar surface area (TPSA) is 66.6 Å². The quantitative estimate of drug-likeness (QED) is 0.780. The zero-order valence-corrected chi connectivity index (χ0v) is 15.8. The summed E-state index contributed by atoms with van der Waals surface area (Å²) in [4.78, 5) is 28.2. The average Bonchev–Trinajstić information content (AvgIpc) is 2.72. The number of alkyl halides is 3. The normalized spacial score (nSPS) is 19.7. The first-order chi connectivity index (χ1) is 13.3. The van der Waals surface area contributed by atoms with Gasteiger partial charge in [-0.15, -0.1) is 0 Å². The highest BCUT2D eigenvalue weighted by atomic mass is 19.4. The van der Waals surface area contributed by atoms with E-state index in [4.69, 9.17) is 5.73 Å². The Balaban J connectivity index is 1.52. The molecule has 0 aromatic heterocycles. The maximum absolute atomic E-state index is 12.7. The molecule has 0 aliphatic carbocycles. The Morgan fingerprint density at radius 2 is 1.36 bits per heavy atom. The third-order valence-corrected chi connectivity index (χ3v) is 5.91. The van der Waals surface area contributed by atoms with Crippen LogP contribution in [0.4, 0.5) is 13.2 Å². The van der Waals surface area contributed by atoms with E-state index in [9.17, 15) is 22.8 Å². The molecule has 154 valence electrons. The summed E-state index contributed by atoms with van der Waals surface area (Å²) in [6, 6.07) is 5.22. The first kappa shape index (κ1) is 20.6. The van der Waals surface area contributed by atoms with Gasteiger partial charge in [0.1, 0.15) is 0 Å². The summed E-state index contributed by atoms with van der Waals surface area (Å²) in [5.74, 6) is -0.416. The minimum Gasteiger partial charge on any atom is -0.334 e. The van der Waals surface area contributed by atoms with Crippen molar-refractivity contribution >= 4 is 11.8 Å². The number of hydrogen-bond donors (Lipinski definition) is 1. The number of piperidine rings is 2. The maximum Gasteiger partial charge on any atom is 0.416 e. The molecule has 2 heterocycles. The predicted octanol–water partition coefficient (Wildman–Crippen LogP) is 2.61. The number of halogens is 3. The lowest BCUT2D eigenvalue weighted by molar-refractivity contribution is -0.153. The molecule has 0 radical (unpaired) electrons. The van der Waals surface area contributed by atoms with E-state index in [1.807, 2.05) is 0 Å². The largest absolute Gasteiger partial charge is 0.416 e. The Morgan fingerprint density at radius 1 is 0.893 bits per heavy atom. The number of benzene rings is 1. The SMILES string of the molecule is NCC1CCN(C(=O)C(=O)N2CCC(c3ccc(C(F)(F)F)cc3)CC2)CC1. The molecular weight excluding hydrogens is 371 g/mol. The fraction of sp³-hybridized carbons (Fsp3) is 0.600. The van der Waals surface area contributed by atoms with Gasteiger partial charge < -0.3 is 15.5 Å². The van der Waals surface area contributed by atoms with E-state index < -0.39 is 23.6 Å². The van der Waals surface area contributed by atoms with Crippen LogP contribution in [0.25, 0.3) is 0 Å². The van der Waals surface area contributed by atoms with Crippen molar-refractivity contribution in [2.75, 3.05) is 32.7 Å². The fourth-order valence-electron chi connectivity index (χ4n) is 4.00. The molecule has 8 heteroatoms. The van der Waals surface area contributed by atoms with Crippen molar-refractivity contribution in [3.05, 3.63) is 35.4 Å². The van der Waals surface area contributed by atoms with Gasteiger partial charge >= 0.3 is 18.0 Å². The number of nitrogens with zero attached hydrogens (tertiary/aromatic N) is 2. The molecule has 0 saturated carbocycles. The highest BCUT2D eigenvalue weighted by Crippen LogP contribution is 2.33. The van der Waals surface area contributed by atoms with Crippen LogP contribution < -0.4 is 5.73 Å². The Hall–Kier alpha value is -2.09. The van der Waals surface area contributed by atoms with Gasteiger partial charge in [0.25, 0.3) is 0 Å². The van der Waals surface area contributed by atoms with Gasteiger partial charge in [-0.05, 0) is 61.8 Å². The van der Waals surface area contributed by atoms with Crippen LogP contribution >= 0.6 is 0 Å². The molecule has 1 aromatic carbocycles. The second-order valence-electron chi connectivity index (χ2n) is 7.66. The standard InChI is InChI=1S/C20H26F3N3O2/c21-20(22,23)17-3-1-15(2-4-17)16-7-11-26(12-8-16)19(28)18(27)25-9-5-14(13-24)6-10-25/h1-4,14,16H,5-13,24H2. The van der Waals surface area contributed by atoms with E-state index in [1.54, 1.807) is 9.80 Å². The minimum atomic E-state index is -4.34. The van der Waals surface area contributed by atoms with Crippen LogP contribution in [-0.2, 0) is 15.8 Å². The summed E-state index contributed by atoms with van der Waals surface area (Å²) in [5, 5.41) is 0. The lowest BCUT2D eigenvalue weighted by atomic mass is 9.89. The Bertz CT molecular complexity index is 690. The van der Waals surface area contributed by atoms with Crippen molar-refractivity contribution in [3.63, 3.8) is 0 Å². The summed E-state index contributed by atoms with van der Waals surface area (Å²) in [7, 11) is 0. The number of rotatable bonds is 2. The molecule has 28 heavy (non-hydrogen) atoms. The van der Waals surface area contributed by atoms with Crippen molar-refractivity contribution in [3.8, 4) is 0 Å². The number of hydrogen-bond acceptors (Lipinski definition) is 3. The predicted molar refractivity (Wildman–Crippen MR) is 98.4 cm³/mol. The van der Waals surface area contributed by atoms with E-state index in [1.165, 1.54) is 12.1 Å². The molecule has 5 nitrogen and oxygen atoms in total. The van der Waals surface area contributed by atoms with E-state index >= 15 is 0 Å². The van der Waals surface area contributed by atoms with Gasteiger partial charge in [0.05, 0.1) is 5.56 Å². The summed E-state index contributed by atoms with van der Waals surface area (Å²) in [6.45, 7) is 2.61. The molecule has 0 spiro atoms. The second kappa shape index (κ2) is 8.51. The van der Waals surface area contributed by atoms with E-state index in [0.717, 1.165) is 30.5 Å². The van der Waals surface area contributed by atoms with Crippen molar-refractivity contribution in [1.82, 2.24) is 9.80 Å². The maximum atomic E-state index is 12.7. The van der Waals surface area contributed by atoms with Gasteiger partial charge in [-0.1, -0.05) is 12.1 Å². The minimum absolute atomic E-state index is 0.0988. The third kappa shape index (κ3) is 4.66. The van der Waals surface area contributed by atoms with Crippen LogP contribution in [0.1, 0.15) is 42.7 Å². The van der Waals surface area contributed by atoms with Gasteiger partial charge in [-0.25, -0.2) is 0 Å². The first-order valence-corrected chi connectivity index (χ1v) is 9.75. The highest BCUT2D eigenvalue weighted by Gasteiger charge is 2.33. The van der Waals surface area contributed by atoms with E-state index in [2.05, 4.69) is 0 Å². The lowest BCUT2D eigenvalue weighted by Gasteiger charge is -2.35. The molecule has 2 amide bonds. The summed E-state index contributed by atoms with van der Waals surface area (Å²) in [6.07, 6.45) is -1.41. The van der Waals surface area contributed by atoms with E-state index in [-0.39, 0.29) is 5.92 Å². The van der Waals surface area contributed by atoms with Crippen LogP contribution in [0, 0.1) is 5.92 Å². The molecule has 3 rings (SSSR count). The number of nitrogens with two attached hydrogens (primary N) is 1. The monoisotopic (exact) mass is 397 g/mol. The number of carbonyl (C=O) groups excluding carboxylic acids is 2. The van der Waals surface area contributed by atoms with Crippen LogP contribution in [0.15, 0.2) is 24.3 Å². The summed E-state index contributed by atoms with van der Waals surface area (Å²) < 4.78 is 38.1. The van der Waals surface area contributed by atoms with Crippen molar-refractivity contribution in [2.45, 2.75) is 37.8 Å². The smallest absolute Gasteiger partial charge is 0.334 e. The van der Waals surface area contributed by atoms with Crippen LogP contribution in [-0.4, -0.2) is 54.3 Å². The third-order valence-electron chi connectivity index (χ3n) is 5.91. The molecule has 0 bridgehead atoms. The molecule has 2 aliphatic rings. The van der Waals surface area contributed by atoms with E-state index in [0.29, 0.717) is 51.5 Å². The van der Waals surface area contributed by atoms with Gasteiger partial charge in [-0.3, -0.25) is 9.59 Å². The highest BCUT2D eigenvalue weighted by molar-refractivity contribution is 6.34. The Kier molecular flexibility index (Phi) is 6.27. The first-order valence-electron chi connectivity index (χ1n) is 9.75.